The van der Waals surface area contributed by atoms with E-state index < -0.39 is 40.8 Å². The monoisotopic (exact) mass is 1180 g/mol. The first-order valence-corrected chi connectivity index (χ1v) is 28.9. The van der Waals surface area contributed by atoms with Crippen LogP contribution in [0, 0.1) is 0 Å². The minimum Gasteiger partial charge on any atom is -0.491 e. The summed E-state index contributed by atoms with van der Waals surface area (Å²) in [7, 11) is 0. The predicted octanol–water partition coefficient (Wildman–Crippen LogP) is 12.6. The molecule has 0 saturated heterocycles. The van der Waals surface area contributed by atoms with Crippen molar-refractivity contribution in [3.8, 4) is 45.3 Å². The summed E-state index contributed by atoms with van der Waals surface area (Å²) >= 11 is 0. The van der Waals surface area contributed by atoms with Gasteiger partial charge >= 0.3 is 23.9 Å². The Balaban J connectivity index is 0.981. The maximum Gasteiger partial charge on any atom is 0.330 e. The van der Waals surface area contributed by atoms with Crippen LogP contribution in [-0.4, -0.2) is 96.6 Å². The Hall–Kier alpha value is -10.3. The molecule has 8 aromatic rings. The summed E-state index contributed by atoms with van der Waals surface area (Å²) in [5, 5.41) is 0. The molecule has 0 spiro atoms. The van der Waals surface area contributed by atoms with Crippen LogP contribution in [0.1, 0.15) is 56.2 Å². The zero-order chi connectivity index (χ0) is 61.3. The quantitative estimate of drug-likeness (QED) is 0.0175. The van der Waals surface area contributed by atoms with Crippen molar-refractivity contribution in [2.45, 2.75) is 16.9 Å². The van der Waals surface area contributed by atoms with Gasteiger partial charge in [-0.05, 0) is 121 Å². The van der Waals surface area contributed by atoms with E-state index in [-0.39, 0.29) is 59.5 Å². The van der Waals surface area contributed by atoms with E-state index in [0.29, 0.717) is 36.2 Å². The van der Waals surface area contributed by atoms with Gasteiger partial charge < -0.3 is 47.4 Å². The molecule has 0 saturated carbocycles. The van der Waals surface area contributed by atoms with Gasteiger partial charge in [-0.2, -0.15) is 0 Å². The van der Waals surface area contributed by atoms with E-state index in [4.69, 9.17) is 47.4 Å². The lowest BCUT2D eigenvalue weighted by Gasteiger charge is -2.34. The SMILES string of the molecule is C=CC(=O)OCCOCCOc1ccc(C2(c3ccc(OCC(OCCOC(=O)C=C)c4cccc5c4-c4ccccc4C5(c4ccc(OCCOC(=O)C=C)cc4)c4ccc(OCCOC(=O)C=C)cc4)cc3)c3ccccc3-c3ccccc32)cc1. The molecule has 446 valence electrons. The van der Waals surface area contributed by atoms with E-state index in [1.54, 1.807) is 0 Å². The number of ether oxygens (including phenoxy) is 10. The van der Waals surface area contributed by atoms with Gasteiger partial charge in [-0.15, -0.1) is 0 Å². The molecule has 2 aliphatic carbocycles. The first-order chi connectivity index (χ1) is 43.1. The zero-order valence-corrected chi connectivity index (χ0v) is 48.6. The van der Waals surface area contributed by atoms with Gasteiger partial charge in [-0.1, -0.05) is 166 Å². The lowest BCUT2D eigenvalue weighted by Crippen LogP contribution is -2.29. The molecule has 14 nitrogen and oxygen atoms in total. The largest absolute Gasteiger partial charge is 0.491 e. The molecule has 10 rings (SSSR count). The Morgan fingerprint density at radius 2 is 0.670 bits per heavy atom. The Morgan fingerprint density at radius 3 is 1.10 bits per heavy atom. The van der Waals surface area contributed by atoms with Crippen LogP contribution in [0.25, 0.3) is 22.3 Å². The molecule has 8 aromatic carbocycles. The van der Waals surface area contributed by atoms with Crippen LogP contribution in [0.4, 0.5) is 0 Å². The third-order valence-corrected chi connectivity index (χ3v) is 15.4. The Kier molecular flexibility index (Phi) is 19.9. The topological polar surface area (TPSA) is 161 Å². The van der Waals surface area contributed by atoms with Crippen LogP contribution in [0.15, 0.2) is 239 Å². The van der Waals surface area contributed by atoms with E-state index in [2.05, 4.69) is 123 Å². The fourth-order valence-corrected chi connectivity index (χ4v) is 11.7. The lowest BCUT2D eigenvalue weighted by atomic mass is 9.67. The molecule has 0 radical (unpaired) electrons. The van der Waals surface area contributed by atoms with Crippen molar-refractivity contribution in [3.63, 3.8) is 0 Å². The molecular formula is C74H66O14. The number of fused-ring (bicyclic) bond motifs is 6. The van der Waals surface area contributed by atoms with Crippen LogP contribution in [0.2, 0.25) is 0 Å². The van der Waals surface area contributed by atoms with E-state index in [1.165, 1.54) is 0 Å². The zero-order valence-electron chi connectivity index (χ0n) is 48.6. The first-order valence-electron chi connectivity index (χ1n) is 28.9. The van der Waals surface area contributed by atoms with Crippen molar-refractivity contribution in [1.82, 2.24) is 0 Å². The maximum atomic E-state index is 12.3. The van der Waals surface area contributed by atoms with Crippen molar-refractivity contribution in [1.29, 1.82) is 0 Å². The summed E-state index contributed by atoms with van der Waals surface area (Å²) in [5.74, 6) is 0.349. The molecule has 0 aliphatic heterocycles. The normalized spacial score (nSPS) is 13.0. The highest BCUT2D eigenvalue weighted by Gasteiger charge is 2.48. The average molecular weight is 1180 g/mol. The minimum atomic E-state index is -0.903. The van der Waals surface area contributed by atoms with Crippen molar-refractivity contribution in [2.75, 3.05) is 72.7 Å². The third kappa shape index (κ3) is 12.9. The van der Waals surface area contributed by atoms with Gasteiger partial charge in [0.2, 0.25) is 0 Å². The molecule has 0 aromatic heterocycles. The summed E-state index contributed by atoms with van der Waals surface area (Å²) in [5.41, 5.74) is 11.7. The molecular weight excluding hydrogens is 1110 g/mol. The second kappa shape index (κ2) is 28.7. The molecule has 0 amide bonds. The van der Waals surface area contributed by atoms with E-state index in [0.717, 1.165) is 96.6 Å². The number of carbonyl (C=O) groups is 4. The molecule has 1 atom stereocenters. The van der Waals surface area contributed by atoms with Crippen LogP contribution >= 0.6 is 0 Å². The highest BCUT2D eigenvalue weighted by atomic mass is 16.6. The van der Waals surface area contributed by atoms with Crippen molar-refractivity contribution >= 4 is 23.9 Å². The molecule has 0 fully saturated rings. The fraction of sp³-hybridized carbons (Fsp3) is 0.189. The summed E-state index contributed by atoms with van der Waals surface area (Å²) < 4.78 is 58.1. The smallest absolute Gasteiger partial charge is 0.330 e. The molecule has 2 aliphatic rings. The van der Waals surface area contributed by atoms with Gasteiger partial charge in [0.05, 0.1) is 30.7 Å². The standard InChI is InChI=1S/C74H66O14/c1-5-68(75)84-43-41-79-40-42-80-55-32-24-51(25-33-55)73(63-20-12-9-16-59(63)60-17-10-13-21-64(60)73)52-30-38-58(39-31-52)88-50-67(83-46-49-87-71(78)8-4)62-19-15-23-66-72(62)61-18-11-14-22-65(61)74(66,53-26-34-56(35-27-53)81-44-47-85-69(76)6-2)54-28-36-57(37-29-54)82-45-48-86-70(77)7-3/h5-39,67H,1-4,40-50H2. The average Bonchev–Trinajstić information content (AvgIpc) is 1.54. The van der Waals surface area contributed by atoms with E-state index in [1.807, 2.05) is 91.0 Å². The number of rotatable bonds is 31. The van der Waals surface area contributed by atoms with Crippen molar-refractivity contribution in [3.05, 3.63) is 289 Å². The number of hydrogen-bond acceptors (Lipinski definition) is 14. The molecule has 88 heavy (non-hydrogen) atoms. The number of esters is 4. The fourth-order valence-electron chi connectivity index (χ4n) is 11.7. The summed E-state index contributed by atoms with van der Waals surface area (Å²) in [4.78, 5) is 47.1. The Labute approximate surface area is 511 Å². The van der Waals surface area contributed by atoms with Gasteiger partial charge in [0.25, 0.3) is 0 Å². The van der Waals surface area contributed by atoms with Crippen LogP contribution in [-0.2, 0) is 58.4 Å². The molecule has 0 bridgehead atoms. The second-order valence-electron chi connectivity index (χ2n) is 20.3. The molecule has 0 N–H and O–H groups in total. The van der Waals surface area contributed by atoms with E-state index in [9.17, 15) is 19.2 Å². The van der Waals surface area contributed by atoms with Crippen LogP contribution in [0.5, 0.6) is 23.0 Å². The number of carbonyl (C=O) groups excluding carboxylic acids is 4. The van der Waals surface area contributed by atoms with E-state index >= 15 is 0 Å². The summed E-state index contributed by atoms with van der Waals surface area (Å²) in [6, 6.07) is 63.8. The van der Waals surface area contributed by atoms with Crippen LogP contribution < -0.4 is 18.9 Å². The number of benzene rings is 8. The van der Waals surface area contributed by atoms with Gasteiger partial charge in [-0.3, -0.25) is 0 Å². The lowest BCUT2D eigenvalue weighted by molar-refractivity contribution is -0.140. The highest BCUT2D eigenvalue weighted by Crippen LogP contribution is 2.59. The molecule has 14 heteroatoms. The first kappa shape index (κ1) is 60.8. The number of hydrogen-bond donors (Lipinski definition) is 0. The predicted molar refractivity (Wildman–Crippen MR) is 334 cm³/mol. The summed E-state index contributed by atoms with van der Waals surface area (Å²) in [6.45, 7) is 15.4. The molecule has 0 heterocycles. The maximum absolute atomic E-state index is 12.3. The van der Waals surface area contributed by atoms with Gasteiger partial charge in [0, 0.05) is 24.3 Å². The highest BCUT2D eigenvalue weighted by molar-refractivity contribution is 5.89. The van der Waals surface area contributed by atoms with Gasteiger partial charge in [0.15, 0.2) is 0 Å². The van der Waals surface area contributed by atoms with Gasteiger partial charge in [0.1, 0.15) is 82.0 Å². The van der Waals surface area contributed by atoms with Crippen LogP contribution in [0.3, 0.4) is 0 Å². The second-order valence-corrected chi connectivity index (χ2v) is 20.3. The summed E-state index contributed by atoms with van der Waals surface area (Å²) in [6.07, 6.45) is 3.77. The third-order valence-electron chi connectivity index (χ3n) is 15.4. The van der Waals surface area contributed by atoms with Gasteiger partial charge in [-0.25, -0.2) is 19.2 Å². The Bertz CT molecular complexity index is 3670. The minimum absolute atomic E-state index is 0.0229. The molecule has 1 unspecified atom stereocenters. The van der Waals surface area contributed by atoms with Crippen molar-refractivity contribution < 1.29 is 66.5 Å². The van der Waals surface area contributed by atoms with Crippen molar-refractivity contribution in [2.24, 2.45) is 0 Å². The Morgan fingerprint density at radius 1 is 0.341 bits per heavy atom.